The molecule has 8 heterocycles. The van der Waals surface area contributed by atoms with Crippen molar-refractivity contribution in [2.24, 2.45) is 17.8 Å². The van der Waals surface area contributed by atoms with E-state index in [9.17, 15) is 0 Å². The summed E-state index contributed by atoms with van der Waals surface area (Å²) in [7, 11) is 19.2. The molecule has 12 nitrogen and oxygen atoms in total. The zero-order chi connectivity index (χ0) is 46.0. The molecule has 8 aliphatic heterocycles. The van der Waals surface area contributed by atoms with Crippen molar-refractivity contribution in [3.63, 3.8) is 0 Å². The van der Waals surface area contributed by atoms with Crippen LogP contribution in [0.15, 0.2) is 0 Å². The van der Waals surface area contributed by atoms with Crippen molar-refractivity contribution in [3.05, 3.63) is 0 Å². The van der Waals surface area contributed by atoms with Gasteiger partial charge < -0.3 is 34.0 Å². The van der Waals surface area contributed by atoms with Gasteiger partial charge in [0.1, 0.15) is 20.2 Å². The van der Waals surface area contributed by atoms with Crippen molar-refractivity contribution >= 4 is 12.0 Å². The molecule has 0 aromatic rings. The summed E-state index contributed by atoms with van der Waals surface area (Å²) < 4.78 is 15.2. The standard InChI is InChI=1S/2C9H19N.C7H15N.C6H13N.C5H12N2O.C5H11NO.C5H11N.C3H7NOS/c1-8(2)9-5-4-6-10(3)7-9;1-3-9-6-4-5-7-10(2)8-9;1-8-6-4-2-3-5-7-8;1-7-5-3-2-4-6-7;1-6-3-7(2)5-8-4-6;1-5-3-6(2)4-7-5;1-6-4-2-3-5-6;1-4-2-5-6-3-4/h8-9H,4-7H2,1-3H3;9H,3-8H2,1-2H3;2-7H2,1H3;2-6H2,1H3;3-5H2,1-2H3;5H,3-4H2,1-2H3;2-5H2,1H3;2-3H2,1H3. The zero-order valence-corrected chi connectivity index (χ0v) is 44.4. The van der Waals surface area contributed by atoms with Gasteiger partial charge in [0, 0.05) is 31.7 Å². The predicted molar refractivity (Wildman–Crippen MR) is 270 cm³/mol. The van der Waals surface area contributed by atoms with Crippen LogP contribution in [-0.2, 0) is 13.7 Å². The molecule has 0 radical (unpaired) electrons. The number of likely N-dealkylation sites (tertiary alicyclic amines) is 5. The van der Waals surface area contributed by atoms with Crippen LogP contribution in [0.4, 0.5) is 0 Å². The Hall–Kier alpha value is -0.130. The Balaban J connectivity index is 0.000000356. The van der Waals surface area contributed by atoms with Crippen LogP contribution in [0.5, 0.6) is 0 Å². The lowest BCUT2D eigenvalue weighted by molar-refractivity contribution is -0.0898. The van der Waals surface area contributed by atoms with Gasteiger partial charge >= 0.3 is 0 Å². The molecule has 3 atom stereocenters. The third-order valence-corrected chi connectivity index (χ3v) is 13.6. The molecule has 0 amide bonds. The lowest BCUT2D eigenvalue weighted by Gasteiger charge is -2.31. The van der Waals surface area contributed by atoms with Crippen LogP contribution in [0.25, 0.3) is 0 Å². The molecule has 8 fully saturated rings. The summed E-state index contributed by atoms with van der Waals surface area (Å²) in [6.07, 6.45) is 21.8. The van der Waals surface area contributed by atoms with Gasteiger partial charge in [0.25, 0.3) is 0 Å². The van der Waals surface area contributed by atoms with E-state index in [4.69, 9.17) is 13.7 Å². The molecule has 0 spiro atoms. The van der Waals surface area contributed by atoms with Crippen molar-refractivity contribution in [3.8, 4) is 0 Å². The first-order valence-corrected chi connectivity index (χ1v) is 26.2. The van der Waals surface area contributed by atoms with Crippen molar-refractivity contribution in [2.75, 3.05) is 175 Å². The molecular formula is C49H107N9O3S. The first-order valence-electron chi connectivity index (χ1n) is 25.3. The largest absolute Gasteiger partial charge is 0.362 e. The van der Waals surface area contributed by atoms with Crippen molar-refractivity contribution in [1.29, 1.82) is 0 Å². The summed E-state index contributed by atoms with van der Waals surface area (Å²) in [6, 6.07) is 0. The second-order valence-electron chi connectivity index (χ2n) is 20.3. The van der Waals surface area contributed by atoms with E-state index in [0.29, 0.717) is 6.10 Å². The van der Waals surface area contributed by atoms with E-state index in [1.807, 2.05) is 21.1 Å². The molecule has 0 aromatic heterocycles. The van der Waals surface area contributed by atoms with Crippen LogP contribution in [0.1, 0.15) is 124 Å². The Morgan fingerprint density at radius 1 is 0.468 bits per heavy atom. The van der Waals surface area contributed by atoms with E-state index in [0.717, 1.165) is 63.8 Å². The Kier molecular flexibility index (Phi) is 37.6. The zero-order valence-electron chi connectivity index (χ0n) is 43.6. The van der Waals surface area contributed by atoms with Crippen molar-refractivity contribution in [2.45, 2.75) is 130 Å². The normalized spacial score (nSPS) is 27.9. The third kappa shape index (κ3) is 35.1. The monoisotopic (exact) mass is 902 g/mol. The van der Waals surface area contributed by atoms with Gasteiger partial charge in [-0.3, -0.25) is 23.8 Å². The average molecular weight is 903 g/mol. The minimum atomic E-state index is 0.449. The number of ether oxygens (including phenoxy) is 2. The van der Waals surface area contributed by atoms with Crippen LogP contribution >= 0.6 is 12.0 Å². The molecule has 0 aliphatic carbocycles. The SMILES string of the molecule is CC(C)C1CCCN(C)C1.CC1CN(C)CO1.CCC1CCCCN(C)C1.CN1CCCC1.CN1CCCCC1.CN1CCCCCC1.CN1COCN(C)C1.CN1COSC1. The number of likely N-dealkylation sites (N-methyl/N-ethyl adjacent to an activating group) is 1. The molecule has 8 saturated heterocycles. The Bertz CT molecular complexity index is 933. The smallest absolute Gasteiger partial charge is 0.114 e. The summed E-state index contributed by atoms with van der Waals surface area (Å²) in [5.41, 5.74) is 0. The summed E-state index contributed by atoms with van der Waals surface area (Å²) in [6.45, 7) is 27.5. The van der Waals surface area contributed by atoms with E-state index < -0.39 is 0 Å². The van der Waals surface area contributed by atoms with E-state index in [1.165, 1.54) is 174 Å². The molecule has 0 bridgehead atoms. The minimum absolute atomic E-state index is 0.449. The maximum atomic E-state index is 5.19. The molecule has 0 aromatic carbocycles. The van der Waals surface area contributed by atoms with E-state index >= 15 is 0 Å². The van der Waals surface area contributed by atoms with Gasteiger partial charge in [0.2, 0.25) is 0 Å². The fourth-order valence-electron chi connectivity index (χ4n) is 8.61. The Labute approximate surface area is 391 Å². The maximum Gasteiger partial charge on any atom is 0.114 e. The molecule has 0 saturated carbocycles. The molecule has 372 valence electrons. The molecule has 0 N–H and O–H groups in total. The number of piperidine rings is 2. The molecule has 62 heavy (non-hydrogen) atoms. The molecular weight excluding hydrogens is 795 g/mol. The summed E-state index contributed by atoms with van der Waals surface area (Å²) in [5, 5.41) is 0. The summed E-state index contributed by atoms with van der Waals surface area (Å²) in [4.78, 5) is 20.6. The summed E-state index contributed by atoms with van der Waals surface area (Å²) in [5.74, 6) is 3.83. The highest BCUT2D eigenvalue weighted by molar-refractivity contribution is 7.94. The van der Waals surface area contributed by atoms with Crippen molar-refractivity contribution in [1.82, 2.24) is 44.1 Å². The lowest BCUT2D eigenvalue weighted by atomic mass is 9.88. The average Bonchev–Trinajstić information content (AvgIpc) is 3.94. The van der Waals surface area contributed by atoms with Gasteiger partial charge in [-0.15, -0.1) is 0 Å². The minimum Gasteiger partial charge on any atom is -0.362 e. The highest BCUT2D eigenvalue weighted by atomic mass is 32.2. The number of hydrogen-bond acceptors (Lipinski definition) is 13. The topological polar surface area (TPSA) is 56.9 Å². The highest BCUT2D eigenvalue weighted by Gasteiger charge is 2.19. The lowest BCUT2D eigenvalue weighted by Crippen LogP contribution is -2.41. The second kappa shape index (κ2) is 38.9. The summed E-state index contributed by atoms with van der Waals surface area (Å²) >= 11 is 1.51. The van der Waals surface area contributed by atoms with Gasteiger partial charge in [-0.1, -0.05) is 52.9 Å². The number of nitrogens with zero attached hydrogens (tertiary/aromatic N) is 9. The highest BCUT2D eigenvalue weighted by Crippen LogP contribution is 2.22. The van der Waals surface area contributed by atoms with Crippen molar-refractivity contribution < 1.29 is 13.7 Å². The van der Waals surface area contributed by atoms with E-state index in [-0.39, 0.29) is 0 Å². The van der Waals surface area contributed by atoms with E-state index in [1.54, 1.807) is 0 Å². The van der Waals surface area contributed by atoms with E-state index in [2.05, 4.69) is 114 Å². The Morgan fingerprint density at radius 3 is 1.26 bits per heavy atom. The van der Waals surface area contributed by atoms with Crippen LogP contribution in [0, 0.1) is 17.8 Å². The van der Waals surface area contributed by atoms with Gasteiger partial charge in [-0.25, -0.2) is 0 Å². The maximum absolute atomic E-state index is 5.19. The van der Waals surface area contributed by atoms with Gasteiger partial charge in [0.15, 0.2) is 0 Å². The molecule has 8 rings (SSSR count). The molecule has 13 heteroatoms. The fraction of sp³-hybridized carbons (Fsp3) is 1.00. The second-order valence-corrected chi connectivity index (χ2v) is 21.1. The van der Waals surface area contributed by atoms with Crippen LogP contribution in [-0.4, -0.2) is 225 Å². The third-order valence-electron chi connectivity index (χ3n) is 12.8. The van der Waals surface area contributed by atoms with Gasteiger partial charge in [-0.05, 0) is 205 Å². The van der Waals surface area contributed by atoms with Crippen LogP contribution < -0.4 is 0 Å². The number of rotatable bonds is 2. The first kappa shape index (κ1) is 59.9. The fourth-order valence-corrected chi connectivity index (χ4v) is 9.20. The van der Waals surface area contributed by atoms with Gasteiger partial charge in [0.05, 0.1) is 25.4 Å². The first-order chi connectivity index (χ1) is 29.7. The van der Waals surface area contributed by atoms with Gasteiger partial charge in [-0.2, -0.15) is 0 Å². The number of hydrogen-bond donors (Lipinski definition) is 0. The molecule has 3 unspecified atom stereocenters. The van der Waals surface area contributed by atoms with Crippen LogP contribution in [0.3, 0.4) is 0 Å². The molecule has 8 aliphatic rings. The predicted octanol–water partition coefficient (Wildman–Crippen LogP) is 7.98. The quantitative estimate of drug-likeness (QED) is 0.252. The van der Waals surface area contributed by atoms with Crippen LogP contribution in [0.2, 0.25) is 0 Å². The Morgan fingerprint density at radius 2 is 0.935 bits per heavy atom.